The molecule has 134 valence electrons. The number of ether oxygens (including phenoxy) is 1. The molecule has 0 radical (unpaired) electrons. The van der Waals surface area contributed by atoms with Gasteiger partial charge in [-0.2, -0.15) is 0 Å². The third-order valence-electron chi connectivity index (χ3n) is 4.80. The Balaban J connectivity index is 2.30. The van der Waals surface area contributed by atoms with Crippen molar-refractivity contribution in [2.45, 2.75) is 25.8 Å². The smallest absolute Gasteiger partial charge is 0.332 e. The summed E-state index contributed by atoms with van der Waals surface area (Å²) in [6.07, 6.45) is 2.31. The number of nitrogens with zero attached hydrogens (tertiary/aromatic N) is 3. The van der Waals surface area contributed by atoms with Crippen LogP contribution in [0.5, 0.6) is 0 Å². The number of carbonyl (C=O) groups is 1. The quantitative estimate of drug-likeness (QED) is 0.647. The average Bonchev–Trinajstić information content (AvgIpc) is 3.39. The Bertz CT molecular complexity index is 733. The van der Waals surface area contributed by atoms with Gasteiger partial charge in [0, 0.05) is 33.8 Å². The van der Waals surface area contributed by atoms with E-state index in [-0.39, 0.29) is 29.8 Å². The van der Waals surface area contributed by atoms with Crippen LogP contribution in [0.1, 0.15) is 30.1 Å². The molecule has 1 fully saturated rings. The Morgan fingerprint density at radius 1 is 1.33 bits per heavy atom. The molecule has 2 N–H and O–H groups in total. The lowest BCUT2D eigenvalue weighted by Gasteiger charge is -2.28. The first-order chi connectivity index (χ1) is 11.3. The summed E-state index contributed by atoms with van der Waals surface area (Å²) >= 11 is 0. The minimum atomic E-state index is -0.647. The first-order valence-corrected chi connectivity index (χ1v) is 8.11. The van der Waals surface area contributed by atoms with Gasteiger partial charge in [0.1, 0.15) is 11.4 Å². The molecule has 2 rings (SSSR count). The topological polar surface area (TPSA) is 99.6 Å². The van der Waals surface area contributed by atoms with Crippen molar-refractivity contribution in [3.63, 3.8) is 0 Å². The van der Waals surface area contributed by atoms with Gasteiger partial charge in [-0.05, 0) is 25.7 Å². The fraction of sp³-hybridized carbons (Fsp3) is 0.688. The molecule has 24 heavy (non-hydrogen) atoms. The normalized spacial score (nSPS) is 15.7. The maximum atomic E-state index is 12.7. The molecule has 1 unspecified atom stereocenters. The van der Waals surface area contributed by atoms with Gasteiger partial charge in [-0.1, -0.05) is 0 Å². The van der Waals surface area contributed by atoms with Crippen LogP contribution in [-0.2, 0) is 18.8 Å². The van der Waals surface area contributed by atoms with Crippen molar-refractivity contribution in [2.75, 3.05) is 32.5 Å². The third kappa shape index (κ3) is 3.59. The van der Waals surface area contributed by atoms with E-state index >= 15 is 0 Å². The highest BCUT2D eigenvalue weighted by atomic mass is 16.5. The number of carbonyl (C=O) groups excluding carboxylic acids is 1. The summed E-state index contributed by atoms with van der Waals surface area (Å²) in [5, 5.41) is 0. The number of ketones is 1. The number of nitrogens with two attached hydrogens (primary N) is 1. The van der Waals surface area contributed by atoms with Crippen molar-refractivity contribution in [1.29, 1.82) is 0 Å². The van der Waals surface area contributed by atoms with Crippen LogP contribution >= 0.6 is 0 Å². The number of methoxy groups -OCH3 is 1. The van der Waals surface area contributed by atoms with Gasteiger partial charge in [0.15, 0.2) is 5.78 Å². The maximum absolute atomic E-state index is 12.7. The Morgan fingerprint density at radius 3 is 2.50 bits per heavy atom. The summed E-state index contributed by atoms with van der Waals surface area (Å²) in [4.78, 5) is 38.9. The van der Waals surface area contributed by atoms with Gasteiger partial charge in [-0.25, -0.2) is 4.79 Å². The third-order valence-corrected chi connectivity index (χ3v) is 4.80. The zero-order valence-corrected chi connectivity index (χ0v) is 14.7. The Labute approximate surface area is 140 Å². The lowest BCUT2D eigenvalue weighted by atomic mass is 10.1. The SMILES string of the molecule is COCCN(CC(=O)c1c(N)n(C)c(=O)n(C)c1=O)C(C)C1CC1. The van der Waals surface area contributed by atoms with Gasteiger partial charge >= 0.3 is 5.69 Å². The predicted molar refractivity (Wildman–Crippen MR) is 91.3 cm³/mol. The predicted octanol–water partition coefficient (Wildman–Crippen LogP) is -0.404. The van der Waals surface area contributed by atoms with Gasteiger partial charge < -0.3 is 10.5 Å². The molecule has 1 atom stereocenters. The zero-order chi connectivity index (χ0) is 18.0. The van der Waals surface area contributed by atoms with E-state index in [0.717, 1.165) is 22.0 Å². The Morgan fingerprint density at radius 2 is 1.96 bits per heavy atom. The molecule has 1 aliphatic rings. The number of rotatable bonds is 8. The zero-order valence-electron chi connectivity index (χ0n) is 14.7. The van der Waals surface area contributed by atoms with Crippen LogP contribution < -0.4 is 17.0 Å². The fourth-order valence-electron chi connectivity index (χ4n) is 2.90. The number of hydrogen-bond acceptors (Lipinski definition) is 6. The molecule has 0 saturated heterocycles. The van der Waals surface area contributed by atoms with Crippen molar-refractivity contribution in [3.05, 3.63) is 26.4 Å². The van der Waals surface area contributed by atoms with E-state index in [0.29, 0.717) is 19.1 Å². The minimum Gasteiger partial charge on any atom is -0.384 e. The molecule has 0 aromatic carbocycles. The second-order valence-electron chi connectivity index (χ2n) is 6.43. The van der Waals surface area contributed by atoms with Crippen LogP contribution in [0.4, 0.5) is 5.82 Å². The minimum absolute atomic E-state index is 0.0820. The molecule has 1 aromatic heterocycles. The van der Waals surface area contributed by atoms with E-state index in [1.54, 1.807) is 7.11 Å². The van der Waals surface area contributed by atoms with E-state index < -0.39 is 11.2 Å². The number of hydrogen-bond donors (Lipinski definition) is 1. The molecule has 0 spiro atoms. The van der Waals surface area contributed by atoms with Crippen LogP contribution in [0.2, 0.25) is 0 Å². The molecule has 0 bridgehead atoms. The van der Waals surface area contributed by atoms with Crippen molar-refractivity contribution in [3.8, 4) is 0 Å². The van der Waals surface area contributed by atoms with Gasteiger partial charge in [0.25, 0.3) is 5.56 Å². The van der Waals surface area contributed by atoms with Gasteiger partial charge in [-0.3, -0.25) is 23.6 Å². The lowest BCUT2D eigenvalue weighted by Crippen LogP contribution is -2.45. The molecular weight excluding hydrogens is 312 g/mol. The number of Topliss-reactive ketones (excluding diaryl/α,β-unsaturated/α-hetero) is 1. The first kappa shape index (κ1) is 18.4. The number of anilines is 1. The second kappa shape index (κ2) is 7.31. The summed E-state index contributed by atoms with van der Waals surface area (Å²) < 4.78 is 7.16. The highest BCUT2D eigenvalue weighted by Gasteiger charge is 2.33. The molecule has 0 amide bonds. The fourth-order valence-corrected chi connectivity index (χ4v) is 2.90. The average molecular weight is 338 g/mol. The summed E-state index contributed by atoms with van der Waals surface area (Å²) in [6.45, 7) is 3.28. The van der Waals surface area contributed by atoms with Crippen molar-refractivity contribution in [1.82, 2.24) is 14.0 Å². The van der Waals surface area contributed by atoms with E-state index in [1.165, 1.54) is 14.1 Å². The van der Waals surface area contributed by atoms with Gasteiger partial charge in [-0.15, -0.1) is 0 Å². The Hall–Kier alpha value is -1.93. The molecule has 1 aliphatic carbocycles. The summed E-state index contributed by atoms with van der Waals surface area (Å²) in [5.74, 6) is 0.126. The summed E-state index contributed by atoms with van der Waals surface area (Å²) in [7, 11) is 4.41. The van der Waals surface area contributed by atoms with Crippen molar-refractivity contribution in [2.24, 2.45) is 20.0 Å². The first-order valence-electron chi connectivity index (χ1n) is 8.11. The highest BCUT2D eigenvalue weighted by molar-refractivity contribution is 6.01. The van der Waals surface area contributed by atoms with Crippen LogP contribution in [-0.4, -0.2) is 52.7 Å². The van der Waals surface area contributed by atoms with Crippen LogP contribution in [0, 0.1) is 5.92 Å². The van der Waals surface area contributed by atoms with Crippen molar-refractivity contribution < 1.29 is 9.53 Å². The molecule has 0 aliphatic heterocycles. The van der Waals surface area contributed by atoms with E-state index in [1.807, 2.05) is 4.90 Å². The van der Waals surface area contributed by atoms with E-state index in [9.17, 15) is 14.4 Å². The van der Waals surface area contributed by atoms with Crippen molar-refractivity contribution >= 4 is 11.6 Å². The monoisotopic (exact) mass is 338 g/mol. The van der Waals surface area contributed by atoms with Gasteiger partial charge in [0.2, 0.25) is 0 Å². The van der Waals surface area contributed by atoms with Crippen LogP contribution in [0.25, 0.3) is 0 Å². The largest absolute Gasteiger partial charge is 0.384 e. The maximum Gasteiger partial charge on any atom is 0.332 e. The molecule has 8 nitrogen and oxygen atoms in total. The van der Waals surface area contributed by atoms with Crippen LogP contribution in [0.15, 0.2) is 9.59 Å². The second-order valence-corrected chi connectivity index (χ2v) is 6.43. The molecular formula is C16H26N4O4. The molecule has 1 saturated carbocycles. The Kier molecular flexibility index (Phi) is 5.61. The van der Waals surface area contributed by atoms with E-state index in [4.69, 9.17) is 10.5 Å². The number of nitrogen functional groups attached to an aromatic ring is 1. The molecule has 8 heteroatoms. The lowest BCUT2D eigenvalue weighted by molar-refractivity contribution is 0.0814. The molecule has 1 aromatic rings. The van der Waals surface area contributed by atoms with Crippen LogP contribution in [0.3, 0.4) is 0 Å². The number of aromatic nitrogens is 2. The van der Waals surface area contributed by atoms with Gasteiger partial charge in [0.05, 0.1) is 13.2 Å². The summed E-state index contributed by atoms with van der Waals surface area (Å²) in [5.41, 5.74) is 4.55. The summed E-state index contributed by atoms with van der Waals surface area (Å²) in [6, 6.07) is 0.238. The van der Waals surface area contributed by atoms with E-state index in [2.05, 4.69) is 6.92 Å². The standard InChI is InChI=1S/C16H26N4O4/c1-10(11-5-6-11)20(7-8-24-4)9-12(21)13-14(17)18(2)16(23)19(3)15(13)22/h10-11H,5-9,17H2,1-4H3. The highest BCUT2D eigenvalue weighted by Crippen LogP contribution is 2.35. The molecule has 1 heterocycles.